The molecule has 2 aromatic rings. The third-order valence-electron chi connectivity index (χ3n) is 3.69. The quantitative estimate of drug-likeness (QED) is 0.843. The first-order valence-corrected chi connectivity index (χ1v) is 9.04. The molecule has 1 fully saturated rings. The summed E-state index contributed by atoms with van der Waals surface area (Å²) < 4.78 is 25.1. The van der Waals surface area contributed by atoms with Gasteiger partial charge in [-0.1, -0.05) is 6.07 Å². The Kier molecular flexibility index (Phi) is 3.88. The number of nitrogens with one attached hydrogen (secondary N) is 2. The number of hydrogen-bond donors (Lipinski definition) is 2. The van der Waals surface area contributed by atoms with Crippen molar-refractivity contribution in [1.82, 2.24) is 20.0 Å². The Morgan fingerprint density at radius 1 is 1.45 bits per heavy atom. The number of nitrogens with zero attached hydrogens (tertiary/aromatic N) is 2. The number of hydrogen-bond acceptors (Lipinski definition) is 5. The predicted octanol–water partition coefficient (Wildman–Crippen LogP) is 0.220. The van der Waals surface area contributed by atoms with Crippen molar-refractivity contribution in [2.24, 2.45) is 0 Å². The lowest BCUT2D eigenvalue weighted by Crippen LogP contribution is -2.45. The lowest BCUT2D eigenvalue weighted by atomic mass is 10.1. The van der Waals surface area contributed by atoms with Crippen LogP contribution in [0.1, 0.15) is 23.3 Å². The minimum absolute atomic E-state index is 0.0448. The summed E-state index contributed by atoms with van der Waals surface area (Å²) in [6, 6.07) is 5.19. The number of fused-ring (bicyclic) bond motifs is 1. The summed E-state index contributed by atoms with van der Waals surface area (Å²) in [5, 5.41) is 6.03. The Morgan fingerprint density at radius 2 is 2.27 bits per heavy atom. The van der Waals surface area contributed by atoms with Crippen LogP contribution in [0.5, 0.6) is 0 Å². The van der Waals surface area contributed by atoms with Crippen molar-refractivity contribution >= 4 is 21.3 Å². The van der Waals surface area contributed by atoms with Gasteiger partial charge in [-0.05, 0) is 31.5 Å². The maximum atomic E-state index is 12.5. The van der Waals surface area contributed by atoms with Crippen LogP contribution < -0.4 is 10.6 Å². The van der Waals surface area contributed by atoms with Crippen molar-refractivity contribution in [3.63, 3.8) is 0 Å². The summed E-state index contributed by atoms with van der Waals surface area (Å²) in [5.74, 6) is -0.340. The molecule has 1 aliphatic rings. The van der Waals surface area contributed by atoms with Crippen molar-refractivity contribution in [3.8, 4) is 0 Å². The van der Waals surface area contributed by atoms with Crippen LogP contribution in [0.25, 0.3) is 5.52 Å². The molecule has 0 aromatic carbocycles. The highest BCUT2D eigenvalue weighted by atomic mass is 32.2. The van der Waals surface area contributed by atoms with Crippen molar-refractivity contribution in [1.29, 1.82) is 0 Å². The molecular formula is C14H18N4O3S. The first kappa shape index (κ1) is 15.0. The summed E-state index contributed by atoms with van der Waals surface area (Å²) in [5.41, 5.74) is 0.635. The van der Waals surface area contributed by atoms with Crippen molar-refractivity contribution in [3.05, 3.63) is 30.1 Å². The normalized spacial score (nSPS) is 19.2. The summed E-state index contributed by atoms with van der Waals surface area (Å²) >= 11 is 0. The van der Waals surface area contributed by atoms with E-state index in [0.717, 1.165) is 32.2 Å². The number of rotatable bonds is 3. The van der Waals surface area contributed by atoms with E-state index in [-0.39, 0.29) is 22.8 Å². The van der Waals surface area contributed by atoms with E-state index < -0.39 is 9.84 Å². The molecule has 3 rings (SSSR count). The second-order valence-electron chi connectivity index (χ2n) is 5.49. The minimum atomic E-state index is -3.52. The van der Waals surface area contributed by atoms with Gasteiger partial charge < -0.3 is 10.6 Å². The molecule has 118 valence electrons. The summed E-state index contributed by atoms with van der Waals surface area (Å²) in [7, 11) is -3.52. The molecule has 0 bridgehead atoms. The van der Waals surface area contributed by atoms with E-state index in [4.69, 9.17) is 0 Å². The molecule has 0 unspecified atom stereocenters. The van der Waals surface area contributed by atoms with E-state index in [2.05, 4.69) is 15.6 Å². The number of pyridine rings is 1. The van der Waals surface area contributed by atoms with Gasteiger partial charge in [0, 0.05) is 25.0 Å². The zero-order valence-electron chi connectivity index (χ0n) is 12.2. The highest BCUT2D eigenvalue weighted by molar-refractivity contribution is 7.90. The lowest BCUT2D eigenvalue weighted by Gasteiger charge is -2.23. The Balaban J connectivity index is 1.98. The second kappa shape index (κ2) is 5.69. The number of amides is 1. The third kappa shape index (κ3) is 2.84. The molecular weight excluding hydrogens is 304 g/mol. The van der Waals surface area contributed by atoms with E-state index in [0.29, 0.717) is 5.52 Å². The molecule has 1 aliphatic heterocycles. The second-order valence-corrected chi connectivity index (χ2v) is 7.40. The molecule has 2 aromatic heterocycles. The average Bonchev–Trinajstić information content (AvgIpc) is 2.88. The van der Waals surface area contributed by atoms with E-state index in [1.54, 1.807) is 24.4 Å². The van der Waals surface area contributed by atoms with Crippen LogP contribution in [0.2, 0.25) is 0 Å². The maximum Gasteiger partial charge on any atom is 0.272 e. The molecule has 2 N–H and O–H groups in total. The zero-order valence-corrected chi connectivity index (χ0v) is 13.1. The maximum absolute atomic E-state index is 12.5. The fourth-order valence-electron chi connectivity index (χ4n) is 2.67. The average molecular weight is 322 g/mol. The molecule has 0 aliphatic carbocycles. The molecule has 1 saturated heterocycles. The van der Waals surface area contributed by atoms with Crippen molar-refractivity contribution in [2.75, 3.05) is 19.3 Å². The van der Waals surface area contributed by atoms with Gasteiger partial charge in [0.25, 0.3) is 5.91 Å². The van der Waals surface area contributed by atoms with Gasteiger partial charge in [-0.3, -0.25) is 9.20 Å². The van der Waals surface area contributed by atoms with E-state index >= 15 is 0 Å². The third-order valence-corrected chi connectivity index (χ3v) is 4.65. The summed E-state index contributed by atoms with van der Waals surface area (Å²) in [4.78, 5) is 16.5. The van der Waals surface area contributed by atoms with Gasteiger partial charge in [-0.25, -0.2) is 13.4 Å². The predicted molar refractivity (Wildman–Crippen MR) is 81.7 cm³/mol. The number of imidazole rings is 1. The molecule has 0 radical (unpaired) electrons. The Morgan fingerprint density at radius 3 is 2.95 bits per heavy atom. The Bertz CT molecular complexity index is 807. The van der Waals surface area contributed by atoms with Gasteiger partial charge in [-0.2, -0.15) is 0 Å². The number of carbonyl (C=O) groups excluding carboxylic acids is 1. The van der Waals surface area contributed by atoms with Crippen LogP contribution in [0.3, 0.4) is 0 Å². The van der Waals surface area contributed by atoms with Gasteiger partial charge in [0.15, 0.2) is 5.69 Å². The molecule has 0 saturated carbocycles. The van der Waals surface area contributed by atoms with Crippen LogP contribution in [0.15, 0.2) is 29.6 Å². The first-order valence-electron chi connectivity index (χ1n) is 7.15. The molecule has 8 heteroatoms. The smallest absolute Gasteiger partial charge is 0.272 e. The lowest BCUT2D eigenvalue weighted by molar-refractivity contribution is 0.0927. The molecule has 0 spiro atoms. The zero-order chi connectivity index (χ0) is 15.7. The van der Waals surface area contributed by atoms with Crippen LogP contribution >= 0.6 is 0 Å². The number of piperidine rings is 1. The number of aromatic nitrogens is 2. The van der Waals surface area contributed by atoms with Gasteiger partial charge >= 0.3 is 0 Å². The van der Waals surface area contributed by atoms with E-state index in [1.165, 1.54) is 4.40 Å². The first-order chi connectivity index (χ1) is 10.5. The van der Waals surface area contributed by atoms with Crippen LogP contribution in [0, 0.1) is 0 Å². The van der Waals surface area contributed by atoms with Crippen LogP contribution in [-0.4, -0.2) is 49.1 Å². The SMILES string of the molecule is CS(=O)(=O)c1nc(C(=O)N[C@H]2CCCNC2)c2ccccn12. The molecule has 1 atom stereocenters. The summed E-state index contributed by atoms with van der Waals surface area (Å²) in [6.07, 6.45) is 4.59. The molecule has 3 heterocycles. The van der Waals surface area contributed by atoms with E-state index in [1.807, 2.05) is 0 Å². The molecule has 7 nitrogen and oxygen atoms in total. The molecule has 1 amide bonds. The fraction of sp³-hybridized carbons (Fsp3) is 0.429. The Hall–Kier alpha value is -1.93. The highest BCUT2D eigenvalue weighted by Crippen LogP contribution is 2.17. The fourth-order valence-corrected chi connectivity index (χ4v) is 3.44. The number of carbonyl (C=O) groups is 1. The van der Waals surface area contributed by atoms with Crippen molar-refractivity contribution in [2.45, 2.75) is 24.0 Å². The minimum Gasteiger partial charge on any atom is -0.347 e. The summed E-state index contributed by atoms with van der Waals surface area (Å²) in [6.45, 7) is 1.68. The van der Waals surface area contributed by atoms with Crippen molar-refractivity contribution < 1.29 is 13.2 Å². The van der Waals surface area contributed by atoms with Gasteiger partial charge in [0.1, 0.15) is 0 Å². The highest BCUT2D eigenvalue weighted by Gasteiger charge is 2.24. The molecule has 22 heavy (non-hydrogen) atoms. The largest absolute Gasteiger partial charge is 0.347 e. The monoisotopic (exact) mass is 322 g/mol. The topological polar surface area (TPSA) is 92.6 Å². The van der Waals surface area contributed by atoms with Gasteiger partial charge in [0.2, 0.25) is 15.0 Å². The van der Waals surface area contributed by atoms with Gasteiger partial charge in [-0.15, -0.1) is 0 Å². The van der Waals surface area contributed by atoms with Crippen LogP contribution in [0.4, 0.5) is 0 Å². The van der Waals surface area contributed by atoms with E-state index in [9.17, 15) is 13.2 Å². The Labute approximate surface area is 128 Å². The van der Waals surface area contributed by atoms with Crippen LogP contribution in [-0.2, 0) is 9.84 Å². The standard InChI is InChI=1S/C14H18N4O3S/c1-22(20,21)14-17-12(11-6-2-3-8-18(11)14)13(19)16-10-5-4-7-15-9-10/h2-3,6,8,10,15H,4-5,7,9H2,1H3,(H,16,19)/t10-/m0/s1. The number of sulfone groups is 1. The van der Waals surface area contributed by atoms with Gasteiger partial charge in [0.05, 0.1) is 5.52 Å².